The second-order valence-corrected chi connectivity index (χ2v) is 16.6. The molecule has 4 fully saturated rings. The first kappa shape index (κ1) is 34.8. The summed E-state index contributed by atoms with van der Waals surface area (Å²) in [5.74, 6) is -3.68. The Hall–Kier alpha value is -3.04. The maximum absolute atomic E-state index is 14.4. The Labute approximate surface area is 282 Å². The smallest absolute Gasteiger partial charge is 0.281 e. The Balaban J connectivity index is 0.000000615. The Morgan fingerprint density at radius 2 is 1.92 bits per heavy atom. The van der Waals surface area contributed by atoms with Gasteiger partial charge in [0.15, 0.2) is 0 Å². The third kappa shape index (κ3) is 5.62. The summed E-state index contributed by atoms with van der Waals surface area (Å²) < 4.78 is 33.4. The number of aliphatic hydroxyl groups is 1. The predicted molar refractivity (Wildman–Crippen MR) is 178 cm³/mol. The molecule has 0 unspecified atom stereocenters. The van der Waals surface area contributed by atoms with E-state index in [0.717, 1.165) is 18.4 Å². The molecule has 4 saturated heterocycles. The number of piperidine rings is 1. The van der Waals surface area contributed by atoms with Gasteiger partial charge in [0.1, 0.15) is 12.1 Å². The topological polar surface area (TPSA) is 173 Å². The first-order chi connectivity index (χ1) is 22.5. The van der Waals surface area contributed by atoms with Crippen molar-refractivity contribution in [1.82, 2.24) is 25.0 Å². The van der Waals surface area contributed by atoms with E-state index in [1.54, 1.807) is 4.90 Å². The number of nitrogens with one attached hydrogen (secondary N) is 2. The third-order valence-corrected chi connectivity index (χ3v) is 11.8. The van der Waals surface area contributed by atoms with Gasteiger partial charge in [0, 0.05) is 48.1 Å². The fourth-order valence-electron chi connectivity index (χ4n) is 8.63. The van der Waals surface area contributed by atoms with Gasteiger partial charge < -0.3 is 25.2 Å². The molecule has 3 amide bonds. The number of piperazine rings is 1. The molecular weight excluding hydrogens is 638 g/mol. The lowest BCUT2D eigenvalue weighted by molar-refractivity contribution is -0.322. The molecule has 1 aromatic heterocycles. The molecule has 1 aliphatic carbocycles. The van der Waals surface area contributed by atoms with Crippen molar-refractivity contribution in [3.05, 3.63) is 35.5 Å². The van der Waals surface area contributed by atoms with Crippen molar-refractivity contribution in [2.75, 3.05) is 25.9 Å². The number of hydrogen-bond acceptors (Lipinski definition) is 8. The molecule has 0 spiro atoms. The van der Waals surface area contributed by atoms with E-state index < -0.39 is 45.7 Å². The molecule has 7 rings (SSSR count). The molecule has 0 radical (unpaired) electrons. The zero-order valence-corrected chi connectivity index (χ0v) is 29.4. The zero-order valence-electron chi connectivity index (χ0n) is 28.6. The highest BCUT2D eigenvalue weighted by Crippen LogP contribution is 2.49. The van der Waals surface area contributed by atoms with Crippen LogP contribution in [0.3, 0.4) is 0 Å². The number of carbonyl (C=O) groups excluding carboxylic acids is 3. The van der Waals surface area contributed by atoms with Gasteiger partial charge in [-0.05, 0) is 69.2 Å². The molecule has 264 valence electrons. The van der Waals surface area contributed by atoms with Crippen LogP contribution in [0.4, 0.5) is 0 Å². The molecule has 0 saturated carbocycles. The number of benzene rings is 1. The van der Waals surface area contributed by atoms with Crippen molar-refractivity contribution in [2.24, 2.45) is 17.8 Å². The summed E-state index contributed by atoms with van der Waals surface area (Å²) in [6.45, 7) is 10.1. The van der Waals surface area contributed by atoms with Gasteiger partial charge in [-0.25, -0.2) is 0 Å². The molecule has 5 aliphatic rings. The number of amides is 3. The van der Waals surface area contributed by atoms with Crippen LogP contribution in [0.25, 0.3) is 10.9 Å². The standard InChI is InChI=1S/C32H43N5O5.C2H6O3S/c1-17(2)12-25-29(39)36-11-7-10-26(36)32(41)37(25)30(40)31(42-32,18(3)4)34-28(38)20-13-22-21-8-6-9-23-27(21)19(15-33-23)14-24(22)35(5)16-20;1-2-6(3,4)5/h6,8-9,15,17-18,20,22,24-26,33,41H,7,10-14,16H2,1-5H3,(H,34,38);2H2,1H3,(H,3,4,5)/t20-,22-,24-,25+,26+,31-,32+;/m1./s1. The van der Waals surface area contributed by atoms with Crippen molar-refractivity contribution in [3.63, 3.8) is 0 Å². The fraction of sp³-hybridized carbons (Fsp3) is 0.676. The molecular formula is C34H49N5O8S. The average Bonchev–Trinajstić information content (AvgIpc) is 3.73. The summed E-state index contributed by atoms with van der Waals surface area (Å²) in [6, 6.07) is 5.13. The molecule has 48 heavy (non-hydrogen) atoms. The minimum Gasteiger partial charge on any atom is -0.361 e. The fourth-order valence-corrected chi connectivity index (χ4v) is 8.63. The van der Waals surface area contributed by atoms with Crippen LogP contribution in [0.15, 0.2) is 24.4 Å². The largest absolute Gasteiger partial charge is 0.361 e. The number of likely N-dealkylation sites (N-methyl/N-ethyl adjacent to an activating group) is 1. The first-order valence-corrected chi connectivity index (χ1v) is 18.8. The highest BCUT2D eigenvalue weighted by molar-refractivity contribution is 7.85. The maximum Gasteiger partial charge on any atom is 0.281 e. The van der Waals surface area contributed by atoms with Crippen LogP contribution in [-0.4, -0.2) is 111 Å². The SMILES string of the molecule is CC(C)C[C@H]1C(=O)N2CCC[C@H]2[C@]2(O)O[C@](NC(=O)[C@@H]3C[C@@H]4c5cccc6[nH]cc(c56)C[C@H]4N(C)C3)(C(C)C)C(=O)N12.CCS(=O)(=O)O. The van der Waals surface area contributed by atoms with Gasteiger partial charge in [-0.3, -0.25) is 28.6 Å². The van der Waals surface area contributed by atoms with Gasteiger partial charge in [0.05, 0.1) is 11.7 Å². The molecule has 4 aliphatic heterocycles. The minimum atomic E-state index is -3.66. The van der Waals surface area contributed by atoms with Crippen LogP contribution in [0.1, 0.15) is 77.3 Å². The van der Waals surface area contributed by atoms with Gasteiger partial charge in [-0.15, -0.1) is 0 Å². The highest BCUT2D eigenvalue weighted by atomic mass is 32.2. The van der Waals surface area contributed by atoms with Gasteiger partial charge in [0.2, 0.25) is 17.5 Å². The van der Waals surface area contributed by atoms with Crippen molar-refractivity contribution in [3.8, 4) is 0 Å². The molecule has 14 heteroatoms. The number of H-pyrrole nitrogens is 1. The summed E-state index contributed by atoms with van der Waals surface area (Å²) in [4.78, 5) is 50.8. The second-order valence-electron chi connectivity index (χ2n) is 14.9. The van der Waals surface area contributed by atoms with Crippen LogP contribution in [0.2, 0.25) is 0 Å². The minimum absolute atomic E-state index is 0.116. The number of aromatic amines is 1. The second kappa shape index (κ2) is 12.4. The average molecular weight is 688 g/mol. The molecule has 0 bridgehead atoms. The number of carbonyl (C=O) groups is 3. The van der Waals surface area contributed by atoms with Crippen LogP contribution in [-0.2, 0) is 35.7 Å². The summed E-state index contributed by atoms with van der Waals surface area (Å²) >= 11 is 0. The molecule has 2 aromatic rings. The Morgan fingerprint density at radius 1 is 1.21 bits per heavy atom. The number of hydrogen-bond donors (Lipinski definition) is 4. The summed E-state index contributed by atoms with van der Waals surface area (Å²) in [6.07, 6.45) is 5.36. The molecule has 13 nitrogen and oxygen atoms in total. The van der Waals surface area contributed by atoms with Crippen molar-refractivity contribution < 1.29 is 37.2 Å². The molecule has 5 heterocycles. The molecule has 1 aromatic carbocycles. The maximum atomic E-state index is 14.4. The third-order valence-electron chi connectivity index (χ3n) is 11.0. The van der Waals surface area contributed by atoms with Gasteiger partial charge >= 0.3 is 0 Å². The Morgan fingerprint density at radius 3 is 2.56 bits per heavy atom. The van der Waals surface area contributed by atoms with E-state index in [2.05, 4.69) is 46.6 Å². The van der Waals surface area contributed by atoms with Crippen LogP contribution in [0.5, 0.6) is 0 Å². The summed E-state index contributed by atoms with van der Waals surface area (Å²) in [5, 5.41) is 16.4. The van der Waals surface area contributed by atoms with Gasteiger partial charge in [-0.1, -0.05) is 39.8 Å². The number of nitrogens with zero attached hydrogens (tertiary/aromatic N) is 3. The quantitative estimate of drug-likeness (QED) is 0.333. The van der Waals surface area contributed by atoms with Crippen LogP contribution in [0, 0.1) is 17.8 Å². The van der Waals surface area contributed by atoms with Crippen molar-refractivity contribution >= 4 is 38.7 Å². The number of likely N-dealkylation sites (tertiary alicyclic amines) is 1. The zero-order chi connectivity index (χ0) is 34.9. The van der Waals surface area contributed by atoms with E-state index in [4.69, 9.17) is 9.29 Å². The van der Waals surface area contributed by atoms with Gasteiger partial charge in [0.25, 0.3) is 21.9 Å². The van der Waals surface area contributed by atoms with Crippen LogP contribution >= 0.6 is 0 Å². The van der Waals surface area contributed by atoms with E-state index in [9.17, 15) is 27.9 Å². The Kier molecular flexibility index (Phi) is 8.98. The lowest BCUT2D eigenvalue weighted by Crippen LogP contribution is -2.71. The number of fused-ring (bicyclic) bond motifs is 5. The van der Waals surface area contributed by atoms with Crippen molar-refractivity contribution in [2.45, 2.75) is 102 Å². The van der Waals surface area contributed by atoms with Crippen molar-refractivity contribution in [1.29, 1.82) is 0 Å². The number of aromatic nitrogens is 1. The normalized spacial score (nSPS) is 33.1. The molecule has 4 N–H and O–H groups in total. The lowest BCUT2D eigenvalue weighted by Gasteiger charge is -2.49. The van der Waals surface area contributed by atoms with E-state index in [1.165, 1.54) is 28.3 Å². The summed E-state index contributed by atoms with van der Waals surface area (Å²) in [5.41, 5.74) is 1.93. The van der Waals surface area contributed by atoms with Crippen LogP contribution < -0.4 is 5.32 Å². The summed E-state index contributed by atoms with van der Waals surface area (Å²) in [7, 11) is -1.59. The molecule has 7 atom stereocenters. The van der Waals surface area contributed by atoms with E-state index in [-0.39, 0.29) is 41.4 Å². The highest BCUT2D eigenvalue weighted by Gasteiger charge is 2.72. The van der Waals surface area contributed by atoms with E-state index >= 15 is 0 Å². The number of ether oxygens (including phenoxy) is 1. The number of rotatable bonds is 6. The van der Waals surface area contributed by atoms with E-state index in [1.807, 2.05) is 27.7 Å². The first-order valence-electron chi connectivity index (χ1n) is 17.1. The Bertz CT molecular complexity index is 1710. The monoisotopic (exact) mass is 687 g/mol. The predicted octanol–water partition coefficient (Wildman–Crippen LogP) is 2.41. The van der Waals surface area contributed by atoms with Gasteiger partial charge in [-0.2, -0.15) is 8.42 Å². The van der Waals surface area contributed by atoms with E-state index in [0.29, 0.717) is 32.4 Å². The lowest BCUT2D eigenvalue weighted by atomic mass is 9.72.